The second-order valence-corrected chi connectivity index (χ2v) is 7.63. The standard InChI is InChI=1S/C23H23Cl2NO5/c1-4-14(2)21(23(28)29)26-13-16-11-18(25)22(19(12-16)30-3)31-20(27)10-7-15-5-8-17(24)9-6-15/h5-14,21H,4H2,1-3H3,(H,28,29)/b10-7+,26-13?. The molecule has 2 aromatic carbocycles. The lowest BCUT2D eigenvalue weighted by atomic mass is 10.00. The summed E-state index contributed by atoms with van der Waals surface area (Å²) in [6.07, 6.45) is 4.95. The number of halogens is 2. The molecule has 0 saturated heterocycles. The highest BCUT2D eigenvalue weighted by molar-refractivity contribution is 6.32. The fourth-order valence-electron chi connectivity index (χ4n) is 2.63. The van der Waals surface area contributed by atoms with Gasteiger partial charge in [-0.25, -0.2) is 9.59 Å². The number of carboxylic acids is 1. The first kappa shape index (κ1) is 24.4. The van der Waals surface area contributed by atoms with Gasteiger partial charge in [0, 0.05) is 17.3 Å². The van der Waals surface area contributed by atoms with Gasteiger partial charge in [-0.3, -0.25) is 4.99 Å². The predicted octanol–water partition coefficient (Wildman–Crippen LogP) is 5.54. The Morgan fingerprint density at radius 1 is 1.16 bits per heavy atom. The van der Waals surface area contributed by atoms with Gasteiger partial charge < -0.3 is 14.6 Å². The molecule has 2 rings (SSSR count). The minimum absolute atomic E-state index is 0.0591. The Kier molecular flexibility index (Phi) is 9.09. The first-order valence-corrected chi connectivity index (χ1v) is 10.3. The quantitative estimate of drug-likeness (QED) is 0.228. The molecule has 0 aliphatic rings. The molecule has 2 aromatic rings. The summed E-state index contributed by atoms with van der Waals surface area (Å²) < 4.78 is 10.6. The molecular formula is C23H23Cl2NO5. The zero-order chi connectivity index (χ0) is 23.0. The molecule has 0 radical (unpaired) electrons. The average molecular weight is 464 g/mol. The van der Waals surface area contributed by atoms with Crippen LogP contribution in [0.4, 0.5) is 0 Å². The Balaban J connectivity index is 2.20. The largest absolute Gasteiger partial charge is 0.493 e. The Bertz CT molecular complexity index is 986. The van der Waals surface area contributed by atoms with Gasteiger partial charge in [-0.2, -0.15) is 0 Å². The van der Waals surface area contributed by atoms with Crippen LogP contribution in [0.25, 0.3) is 6.08 Å². The number of esters is 1. The third kappa shape index (κ3) is 7.12. The van der Waals surface area contributed by atoms with Gasteiger partial charge in [0.1, 0.15) is 6.04 Å². The number of nitrogens with zero attached hydrogens (tertiary/aromatic N) is 1. The van der Waals surface area contributed by atoms with Gasteiger partial charge in [-0.15, -0.1) is 0 Å². The molecule has 0 spiro atoms. The fraction of sp³-hybridized carbons (Fsp3) is 0.261. The molecule has 6 nitrogen and oxygen atoms in total. The molecule has 0 bridgehead atoms. The molecule has 0 fully saturated rings. The first-order chi connectivity index (χ1) is 14.7. The molecule has 0 aliphatic heterocycles. The number of carboxylic acid groups (broad SMARTS) is 1. The van der Waals surface area contributed by atoms with Gasteiger partial charge in [0.05, 0.1) is 12.1 Å². The Hall–Kier alpha value is -2.83. The van der Waals surface area contributed by atoms with Crippen LogP contribution in [0.1, 0.15) is 31.4 Å². The van der Waals surface area contributed by atoms with Crippen LogP contribution in [0.5, 0.6) is 11.5 Å². The van der Waals surface area contributed by atoms with Crippen molar-refractivity contribution in [1.82, 2.24) is 0 Å². The van der Waals surface area contributed by atoms with E-state index in [1.807, 2.05) is 13.8 Å². The van der Waals surface area contributed by atoms with Crippen molar-refractivity contribution in [2.45, 2.75) is 26.3 Å². The van der Waals surface area contributed by atoms with E-state index in [9.17, 15) is 14.7 Å². The van der Waals surface area contributed by atoms with E-state index in [1.165, 1.54) is 25.5 Å². The normalized spacial score (nSPS) is 13.3. The fourth-order valence-corrected chi connectivity index (χ4v) is 3.01. The lowest BCUT2D eigenvalue weighted by Crippen LogP contribution is -2.25. The average Bonchev–Trinajstić information content (AvgIpc) is 2.74. The van der Waals surface area contributed by atoms with Crippen LogP contribution in [-0.4, -0.2) is 36.4 Å². The maximum atomic E-state index is 12.2. The van der Waals surface area contributed by atoms with Crippen molar-refractivity contribution >= 4 is 47.4 Å². The molecule has 0 saturated carbocycles. The Morgan fingerprint density at radius 2 is 1.84 bits per heavy atom. The Labute approximate surface area is 191 Å². The number of aliphatic imine (C=N–C) groups is 1. The van der Waals surface area contributed by atoms with Crippen molar-refractivity contribution < 1.29 is 24.2 Å². The van der Waals surface area contributed by atoms with Gasteiger partial charge in [-0.05, 0) is 47.4 Å². The summed E-state index contributed by atoms with van der Waals surface area (Å²) in [5.74, 6) is -1.49. The number of carbonyl (C=O) groups is 2. The SMILES string of the molecule is CCC(C)C(N=Cc1cc(Cl)c(OC(=O)/C=C/c2ccc(Cl)cc2)c(OC)c1)C(=O)O. The van der Waals surface area contributed by atoms with Crippen LogP contribution >= 0.6 is 23.2 Å². The van der Waals surface area contributed by atoms with Crippen LogP contribution in [0.15, 0.2) is 47.5 Å². The minimum Gasteiger partial charge on any atom is -0.493 e. The molecule has 2 unspecified atom stereocenters. The lowest BCUT2D eigenvalue weighted by Gasteiger charge is -2.14. The third-order valence-electron chi connectivity index (χ3n) is 4.56. The van der Waals surface area contributed by atoms with Crippen LogP contribution in [-0.2, 0) is 9.59 Å². The van der Waals surface area contributed by atoms with Crippen molar-refractivity contribution in [3.63, 3.8) is 0 Å². The van der Waals surface area contributed by atoms with Crippen LogP contribution in [0.3, 0.4) is 0 Å². The number of carbonyl (C=O) groups excluding carboxylic acids is 1. The number of ether oxygens (including phenoxy) is 2. The highest BCUT2D eigenvalue weighted by Crippen LogP contribution is 2.36. The van der Waals surface area contributed by atoms with Crippen molar-refractivity contribution in [1.29, 1.82) is 0 Å². The number of hydrogen-bond donors (Lipinski definition) is 1. The van der Waals surface area contributed by atoms with E-state index in [4.69, 9.17) is 32.7 Å². The van der Waals surface area contributed by atoms with Gasteiger partial charge in [0.15, 0.2) is 11.5 Å². The molecular weight excluding hydrogens is 441 g/mol. The molecule has 0 aliphatic carbocycles. The summed E-state index contributed by atoms with van der Waals surface area (Å²) in [7, 11) is 1.41. The van der Waals surface area contributed by atoms with Crippen molar-refractivity contribution in [2.24, 2.45) is 10.9 Å². The van der Waals surface area contributed by atoms with E-state index >= 15 is 0 Å². The first-order valence-electron chi connectivity index (χ1n) is 9.54. The monoisotopic (exact) mass is 463 g/mol. The highest BCUT2D eigenvalue weighted by Gasteiger charge is 2.22. The van der Waals surface area contributed by atoms with Crippen LogP contribution < -0.4 is 9.47 Å². The molecule has 0 aromatic heterocycles. The van der Waals surface area contributed by atoms with Crippen LogP contribution in [0.2, 0.25) is 10.0 Å². The number of benzene rings is 2. The smallest absolute Gasteiger partial charge is 0.336 e. The molecule has 0 heterocycles. The summed E-state index contributed by atoms with van der Waals surface area (Å²) >= 11 is 12.1. The summed E-state index contributed by atoms with van der Waals surface area (Å²) in [5.41, 5.74) is 1.30. The topological polar surface area (TPSA) is 85.2 Å². The highest BCUT2D eigenvalue weighted by atomic mass is 35.5. The van der Waals surface area contributed by atoms with E-state index in [-0.39, 0.29) is 22.4 Å². The second kappa shape index (κ2) is 11.5. The number of aliphatic carboxylic acids is 1. The van der Waals surface area contributed by atoms with Gasteiger partial charge in [0.2, 0.25) is 0 Å². The molecule has 0 amide bonds. The zero-order valence-electron chi connectivity index (χ0n) is 17.3. The zero-order valence-corrected chi connectivity index (χ0v) is 18.9. The van der Waals surface area contributed by atoms with Crippen LogP contribution in [0, 0.1) is 5.92 Å². The summed E-state index contributed by atoms with van der Waals surface area (Å²) in [6.45, 7) is 3.73. The van der Waals surface area contributed by atoms with Crippen molar-refractivity contribution in [3.05, 3.63) is 63.6 Å². The van der Waals surface area contributed by atoms with Gasteiger partial charge >= 0.3 is 11.9 Å². The molecule has 2 atom stereocenters. The second-order valence-electron chi connectivity index (χ2n) is 6.79. The maximum absolute atomic E-state index is 12.2. The lowest BCUT2D eigenvalue weighted by molar-refractivity contribution is -0.139. The molecule has 31 heavy (non-hydrogen) atoms. The van der Waals surface area contributed by atoms with Gasteiger partial charge in [0.25, 0.3) is 0 Å². The predicted molar refractivity (Wildman–Crippen MR) is 123 cm³/mol. The third-order valence-corrected chi connectivity index (χ3v) is 5.09. The van der Waals surface area contributed by atoms with E-state index < -0.39 is 18.0 Å². The van der Waals surface area contributed by atoms with Crippen molar-refractivity contribution in [3.8, 4) is 11.5 Å². The summed E-state index contributed by atoms with van der Waals surface area (Å²) in [4.78, 5) is 27.8. The van der Waals surface area contributed by atoms with E-state index in [0.717, 1.165) is 5.56 Å². The summed E-state index contributed by atoms with van der Waals surface area (Å²) in [6, 6.07) is 9.16. The number of methoxy groups -OCH3 is 1. The molecule has 164 valence electrons. The number of hydrogen-bond acceptors (Lipinski definition) is 5. The number of rotatable bonds is 9. The van der Waals surface area contributed by atoms with Gasteiger partial charge in [-0.1, -0.05) is 55.6 Å². The van der Waals surface area contributed by atoms with Crippen molar-refractivity contribution in [2.75, 3.05) is 7.11 Å². The molecule has 1 N–H and O–H groups in total. The minimum atomic E-state index is -0.998. The molecule has 8 heteroatoms. The maximum Gasteiger partial charge on any atom is 0.336 e. The Morgan fingerprint density at radius 3 is 2.42 bits per heavy atom. The summed E-state index contributed by atoms with van der Waals surface area (Å²) in [5, 5.41) is 10.1. The van der Waals surface area contributed by atoms with E-state index in [2.05, 4.69) is 4.99 Å². The van der Waals surface area contributed by atoms with E-state index in [1.54, 1.807) is 36.4 Å². The van der Waals surface area contributed by atoms with E-state index in [0.29, 0.717) is 17.0 Å².